The Balaban J connectivity index is 2.05. The van der Waals surface area contributed by atoms with Crippen LogP contribution in [-0.4, -0.2) is 29.3 Å². The first-order valence-electron chi connectivity index (χ1n) is 7.32. The van der Waals surface area contributed by atoms with Gasteiger partial charge in [-0.05, 0) is 12.0 Å². The van der Waals surface area contributed by atoms with Crippen molar-refractivity contribution >= 4 is 18.7 Å². The van der Waals surface area contributed by atoms with Crippen molar-refractivity contribution in [3.63, 3.8) is 0 Å². The third kappa shape index (κ3) is 4.73. The van der Waals surface area contributed by atoms with Crippen molar-refractivity contribution in [3.8, 4) is 0 Å². The highest BCUT2D eigenvalue weighted by atomic mass is 31.2. The van der Waals surface area contributed by atoms with E-state index in [9.17, 15) is 19.9 Å². The fourth-order valence-corrected chi connectivity index (χ4v) is 3.43. The summed E-state index contributed by atoms with van der Waals surface area (Å²) in [6, 6.07) is 14.4. The zero-order chi connectivity index (χ0) is 18.3. The van der Waals surface area contributed by atoms with E-state index >= 15 is 0 Å². The molecule has 132 valence electrons. The number of hydrogen-bond acceptors (Lipinski definition) is 7. The summed E-state index contributed by atoms with van der Waals surface area (Å²) in [6.07, 6.45) is 0.360. The molecule has 0 aliphatic carbocycles. The molecule has 0 aromatic heterocycles. The number of non-ortho nitro benzene ring substituents is 1. The van der Waals surface area contributed by atoms with Gasteiger partial charge in [0.05, 0.1) is 11.5 Å². The first-order valence-corrected chi connectivity index (χ1v) is 8.86. The third-order valence-corrected chi connectivity index (χ3v) is 5.30. The van der Waals surface area contributed by atoms with Crippen molar-refractivity contribution in [1.82, 2.24) is 0 Å². The Morgan fingerprint density at radius 2 is 1.84 bits per heavy atom. The van der Waals surface area contributed by atoms with E-state index in [1.54, 1.807) is 42.5 Å². The Labute approximate surface area is 144 Å². The van der Waals surface area contributed by atoms with Gasteiger partial charge in [0.1, 0.15) is 0 Å². The summed E-state index contributed by atoms with van der Waals surface area (Å²) in [6.45, 7) is 0.0226. The minimum absolute atomic E-state index is 0.00832. The molecule has 2 aromatic rings. The highest BCUT2D eigenvalue weighted by Crippen LogP contribution is 2.51. The maximum absolute atomic E-state index is 12.8. The highest BCUT2D eigenvalue weighted by Gasteiger charge is 2.33. The van der Waals surface area contributed by atoms with Gasteiger partial charge in [-0.1, -0.05) is 47.6 Å². The fraction of sp³-hybridized carbons (Fsp3) is 0.188. The molecule has 0 heterocycles. The molecule has 0 radical (unpaired) electrons. The molecule has 0 amide bonds. The van der Waals surface area contributed by atoms with Gasteiger partial charge in [0, 0.05) is 24.8 Å². The Kier molecular flexibility index (Phi) is 6.41. The van der Waals surface area contributed by atoms with Crippen LogP contribution in [0.5, 0.6) is 0 Å². The van der Waals surface area contributed by atoms with Crippen LogP contribution in [0.15, 0.2) is 59.8 Å². The molecule has 9 heteroatoms. The lowest BCUT2D eigenvalue weighted by Crippen LogP contribution is -2.09. The van der Waals surface area contributed by atoms with Crippen LogP contribution in [0.2, 0.25) is 0 Å². The van der Waals surface area contributed by atoms with E-state index in [0.29, 0.717) is 12.0 Å². The van der Waals surface area contributed by atoms with Crippen LogP contribution in [0.1, 0.15) is 11.1 Å². The fourth-order valence-electron chi connectivity index (χ4n) is 2.13. The van der Waals surface area contributed by atoms with Gasteiger partial charge in [0.15, 0.2) is 5.45 Å². The number of nitro groups is 1. The molecular formula is C16H17N2O6P. The van der Waals surface area contributed by atoms with Crippen molar-refractivity contribution in [2.45, 2.75) is 6.42 Å². The van der Waals surface area contributed by atoms with Crippen LogP contribution in [0.4, 0.5) is 5.69 Å². The zero-order valence-corrected chi connectivity index (χ0v) is 14.3. The van der Waals surface area contributed by atoms with Crippen LogP contribution in [0, 0.1) is 10.1 Å². The summed E-state index contributed by atoms with van der Waals surface area (Å²) >= 11 is 0. The number of benzene rings is 2. The summed E-state index contributed by atoms with van der Waals surface area (Å²) in [5.41, 5.74) is 1.01. The van der Waals surface area contributed by atoms with Crippen molar-refractivity contribution in [2.24, 2.45) is 5.16 Å². The lowest BCUT2D eigenvalue weighted by Gasteiger charge is -2.17. The molecule has 0 fully saturated rings. The minimum atomic E-state index is -3.80. The molecule has 1 atom stereocenters. The average Bonchev–Trinajstić information content (AvgIpc) is 2.63. The molecule has 1 N–H and O–H groups in total. The van der Waals surface area contributed by atoms with Crippen molar-refractivity contribution in [3.05, 3.63) is 75.8 Å². The second-order valence-corrected chi connectivity index (χ2v) is 7.02. The molecule has 0 aliphatic heterocycles. The number of hydrogen-bond donors (Lipinski definition) is 1. The van der Waals surface area contributed by atoms with E-state index in [1.807, 2.05) is 0 Å². The summed E-state index contributed by atoms with van der Waals surface area (Å²) in [5, 5.41) is 23.0. The van der Waals surface area contributed by atoms with Crippen LogP contribution in [0.3, 0.4) is 0 Å². The van der Waals surface area contributed by atoms with Gasteiger partial charge in [-0.2, -0.15) is 0 Å². The van der Waals surface area contributed by atoms with Crippen LogP contribution >= 0.6 is 7.60 Å². The van der Waals surface area contributed by atoms with Gasteiger partial charge in [0.25, 0.3) is 5.69 Å². The number of nitrogens with zero attached hydrogens (tertiary/aromatic N) is 2. The van der Waals surface area contributed by atoms with Crippen LogP contribution in [-0.2, 0) is 20.0 Å². The van der Waals surface area contributed by atoms with Gasteiger partial charge in [-0.25, -0.2) is 0 Å². The zero-order valence-electron chi connectivity index (χ0n) is 13.4. The van der Waals surface area contributed by atoms with E-state index in [1.165, 1.54) is 19.2 Å². The van der Waals surface area contributed by atoms with E-state index in [-0.39, 0.29) is 17.7 Å². The lowest BCUT2D eigenvalue weighted by molar-refractivity contribution is -0.384. The molecule has 2 aromatic carbocycles. The molecule has 0 bridgehead atoms. The van der Waals surface area contributed by atoms with Crippen molar-refractivity contribution < 1.29 is 23.7 Å². The van der Waals surface area contributed by atoms with E-state index in [4.69, 9.17) is 9.05 Å². The number of oxime groups is 1. The molecular weight excluding hydrogens is 347 g/mol. The first kappa shape index (κ1) is 18.8. The SMILES string of the molecule is COP(=O)(OCCc1ccc([N+](=O)[O-])cc1)/C(=N/O)c1ccccc1. The van der Waals surface area contributed by atoms with E-state index in [2.05, 4.69) is 5.16 Å². The van der Waals surface area contributed by atoms with E-state index < -0.39 is 12.5 Å². The molecule has 0 aliphatic rings. The monoisotopic (exact) mass is 364 g/mol. The second kappa shape index (κ2) is 8.53. The Morgan fingerprint density at radius 1 is 1.20 bits per heavy atom. The molecule has 0 saturated heterocycles. The Morgan fingerprint density at radius 3 is 2.36 bits per heavy atom. The average molecular weight is 364 g/mol. The van der Waals surface area contributed by atoms with Crippen LogP contribution < -0.4 is 0 Å². The lowest BCUT2D eigenvalue weighted by atomic mass is 10.1. The topological polar surface area (TPSA) is 111 Å². The second-order valence-electron chi connectivity index (χ2n) is 4.98. The van der Waals surface area contributed by atoms with Gasteiger partial charge in [-0.15, -0.1) is 0 Å². The molecule has 2 rings (SSSR count). The molecule has 0 saturated carbocycles. The standard InChI is InChI=1S/C16H17N2O6P/c1-23-25(22,16(17-19)14-5-3-2-4-6-14)24-12-11-13-7-9-15(10-8-13)18(20)21/h2-10,19H,11-12H2,1H3/b17-16+. The normalized spacial score (nSPS) is 14.0. The number of nitro benzene ring substituents is 1. The summed E-state index contributed by atoms with van der Waals surface area (Å²) in [7, 11) is -2.59. The van der Waals surface area contributed by atoms with Gasteiger partial charge < -0.3 is 14.3 Å². The third-order valence-electron chi connectivity index (χ3n) is 3.43. The molecule has 25 heavy (non-hydrogen) atoms. The Hall–Kier alpha value is -2.54. The number of rotatable bonds is 8. The predicted octanol–water partition coefficient (Wildman–Crippen LogP) is 3.83. The minimum Gasteiger partial charge on any atom is -0.410 e. The molecule has 1 unspecified atom stereocenters. The van der Waals surface area contributed by atoms with Gasteiger partial charge >= 0.3 is 7.60 Å². The quantitative estimate of drug-likeness (QED) is 0.250. The van der Waals surface area contributed by atoms with E-state index in [0.717, 1.165) is 5.56 Å². The van der Waals surface area contributed by atoms with Crippen LogP contribution in [0.25, 0.3) is 0 Å². The van der Waals surface area contributed by atoms with Crippen molar-refractivity contribution in [1.29, 1.82) is 0 Å². The molecule has 0 spiro atoms. The van der Waals surface area contributed by atoms with Crippen molar-refractivity contribution in [2.75, 3.05) is 13.7 Å². The molecule has 8 nitrogen and oxygen atoms in total. The van der Waals surface area contributed by atoms with Gasteiger partial charge in [-0.3, -0.25) is 14.7 Å². The maximum atomic E-state index is 12.8. The first-order chi connectivity index (χ1) is 12.0. The smallest absolute Gasteiger partial charge is 0.383 e. The maximum Gasteiger partial charge on any atom is 0.383 e. The predicted molar refractivity (Wildman–Crippen MR) is 92.1 cm³/mol. The summed E-state index contributed by atoms with van der Waals surface area (Å²) < 4.78 is 23.2. The Bertz CT molecular complexity index is 792. The largest absolute Gasteiger partial charge is 0.410 e. The summed E-state index contributed by atoms with van der Waals surface area (Å²) in [5.74, 6) is 0. The highest BCUT2D eigenvalue weighted by molar-refractivity contribution is 7.73. The summed E-state index contributed by atoms with van der Waals surface area (Å²) in [4.78, 5) is 10.1. The van der Waals surface area contributed by atoms with Gasteiger partial charge in [0.2, 0.25) is 0 Å².